The number of aromatic nitrogens is 2. The third-order valence-corrected chi connectivity index (χ3v) is 1.56. The van der Waals surface area contributed by atoms with Crippen molar-refractivity contribution in [1.29, 1.82) is 0 Å². The predicted octanol–water partition coefficient (Wildman–Crippen LogP) is 0.645. The highest BCUT2D eigenvalue weighted by Gasteiger charge is 2.06. The van der Waals surface area contributed by atoms with E-state index in [0.29, 0.717) is 12.6 Å². The van der Waals surface area contributed by atoms with E-state index in [0.717, 1.165) is 6.20 Å². The summed E-state index contributed by atoms with van der Waals surface area (Å²) in [4.78, 5) is 7.45. The summed E-state index contributed by atoms with van der Waals surface area (Å²) in [5.74, 6) is -0.476. The molecule has 5 nitrogen and oxygen atoms in total. The van der Waals surface area contributed by atoms with E-state index in [4.69, 9.17) is 10.5 Å². The number of hydrogen-bond donors (Lipinski definition) is 2. The molecule has 0 aromatic carbocycles. The van der Waals surface area contributed by atoms with E-state index in [1.807, 2.05) is 6.92 Å². The summed E-state index contributed by atoms with van der Waals surface area (Å²) in [6.07, 6.45) is 1.03. The van der Waals surface area contributed by atoms with Crippen molar-refractivity contribution in [2.45, 2.75) is 13.0 Å². The average molecular weight is 200 g/mol. The zero-order valence-electron chi connectivity index (χ0n) is 8.12. The number of methoxy groups -OCH3 is 1. The molecule has 0 radical (unpaired) electrons. The summed E-state index contributed by atoms with van der Waals surface area (Å²) >= 11 is 0. The first-order valence-electron chi connectivity index (χ1n) is 4.17. The molecule has 1 aromatic heterocycles. The van der Waals surface area contributed by atoms with Gasteiger partial charge >= 0.3 is 0 Å². The van der Waals surface area contributed by atoms with Crippen molar-refractivity contribution in [2.24, 2.45) is 0 Å². The van der Waals surface area contributed by atoms with E-state index in [9.17, 15) is 4.39 Å². The maximum Gasteiger partial charge on any atom is 0.225 e. The molecule has 0 bridgehead atoms. The van der Waals surface area contributed by atoms with E-state index in [1.54, 1.807) is 7.11 Å². The number of rotatable bonds is 4. The van der Waals surface area contributed by atoms with Crippen LogP contribution in [0.4, 0.5) is 16.2 Å². The lowest BCUT2D eigenvalue weighted by Gasteiger charge is -2.12. The number of halogens is 1. The van der Waals surface area contributed by atoms with Crippen molar-refractivity contribution in [3.05, 3.63) is 12.0 Å². The van der Waals surface area contributed by atoms with E-state index in [-0.39, 0.29) is 11.9 Å². The number of hydrogen-bond acceptors (Lipinski definition) is 5. The van der Waals surface area contributed by atoms with Crippen LogP contribution in [-0.2, 0) is 4.74 Å². The van der Waals surface area contributed by atoms with Crippen molar-refractivity contribution in [3.8, 4) is 0 Å². The minimum absolute atomic E-state index is 0.0462. The fourth-order valence-corrected chi connectivity index (χ4v) is 0.962. The van der Waals surface area contributed by atoms with E-state index >= 15 is 0 Å². The smallest absolute Gasteiger partial charge is 0.225 e. The molecule has 0 aliphatic carbocycles. The first kappa shape index (κ1) is 10.6. The van der Waals surface area contributed by atoms with Crippen LogP contribution in [0.5, 0.6) is 0 Å². The highest BCUT2D eigenvalue weighted by molar-refractivity contribution is 5.36. The molecule has 1 atom stereocenters. The molecule has 6 heteroatoms. The van der Waals surface area contributed by atoms with Gasteiger partial charge < -0.3 is 15.8 Å². The van der Waals surface area contributed by atoms with Crippen molar-refractivity contribution >= 4 is 11.8 Å². The second-order valence-electron chi connectivity index (χ2n) is 2.93. The van der Waals surface area contributed by atoms with Gasteiger partial charge in [-0.15, -0.1) is 0 Å². The van der Waals surface area contributed by atoms with Crippen LogP contribution in [0.3, 0.4) is 0 Å². The number of ether oxygens (including phenoxy) is 1. The maximum atomic E-state index is 12.7. The largest absolute Gasteiger partial charge is 0.383 e. The molecule has 78 valence electrons. The molecular formula is C8H13FN4O. The molecule has 0 amide bonds. The normalized spacial score (nSPS) is 12.5. The van der Waals surface area contributed by atoms with Crippen LogP contribution in [0.15, 0.2) is 6.20 Å². The molecule has 0 saturated carbocycles. The fraction of sp³-hybridized carbons (Fsp3) is 0.500. The van der Waals surface area contributed by atoms with Gasteiger partial charge in [-0.05, 0) is 6.92 Å². The van der Waals surface area contributed by atoms with Gasteiger partial charge in [0, 0.05) is 13.2 Å². The molecule has 0 spiro atoms. The van der Waals surface area contributed by atoms with Crippen LogP contribution >= 0.6 is 0 Å². The van der Waals surface area contributed by atoms with Crippen molar-refractivity contribution in [3.63, 3.8) is 0 Å². The van der Waals surface area contributed by atoms with Crippen molar-refractivity contribution < 1.29 is 9.13 Å². The number of nitrogens with one attached hydrogen (secondary N) is 1. The zero-order chi connectivity index (χ0) is 10.6. The van der Waals surface area contributed by atoms with Gasteiger partial charge in [0.15, 0.2) is 11.6 Å². The van der Waals surface area contributed by atoms with Crippen LogP contribution in [0.1, 0.15) is 6.92 Å². The third kappa shape index (κ3) is 2.81. The molecule has 1 rings (SSSR count). The maximum absolute atomic E-state index is 12.7. The van der Waals surface area contributed by atoms with Gasteiger partial charge in [-0.3, -0.25) is 0 Å². The molecule has 0 saturated heterocycles. The second kappa shape index (κ2) is 4.71. The minimum Gasteiger partial charge on any atom is -0.383 e. The second-order valence-corrected chi connectivity index (χ2v) is 2.93. The highest BCUT2D eigenvalue weighted by Crippen LogP contribution is 2.08. The highest BCUT2D eigenvalue weighted by atomic mass is 19.1. The Bertz CT molecular complexity index is 307. The predicted molar refractivity (Wildman–Crippen MR) is 51.4 cm³/mol. The summed E-state index contributed by atoms with van der Waals surface area (Å²) < 4.78 is 17.6. The Kier molecular flexibility index (Phi) is 3.58. The van der Waals surface area contributed by atoms with Gasteiger partial charge in [-0.2, -0.15) is 4.98 Å². The third-order valence-electron chi connectivity index (χ3n) is 1.56. The van der Waals surface area contributed by atoms with Crippen LogP contribution in [0, 0.1) is 5.82 Å². The average Bonchev–Trinajstić information content (AvgIpc) is 2.12. The Hall–Kier alpha value is -1.43. The van der Waals surface area contributed by atoms with Crippen LogP contribution in [-0.4, -0.2) is 29.7 Å². The quantitative estimate of drug-likeness (QED) is 0.746. The fourth-order valence-electron chi connectivity index (χ4n) is 0.962. The summed E-state index contributed by atoms with van der Waals surface area (Å²) in [5, 5.41) is 2.92. The number of nitrogens with zero attached hydrogens (tertiary/aromatic N) is 2. The van der Waals surface area contributed by atoms with Crippen LogP contribution in [0.2, 0.25) is 0 Å². The molecule has 1 aromatic rings. The lowest BCUT2D eigenvalue weighted by Crippen LogP contribution is -2.22. The molecule has 3 N–H and O–H groups in total. The lowest BCUT2D eigenvalue weighted by atomic mass is 10.4. The molecule has 0 aliphatic rings. The molecule has 1 unspecified atom stereocenters. The van der Waals surface area contributed by atoms with E-state index in [2.05, 4.69) is 15.3 Å². The van der Waals surface area contributed by atoms with Crippen molar-refractivity contribution in [1.82, 2.24) is 9.97 Å². The van der Waals surface area contributed by atoms with Gasteiger partial charge in [0.25, 0.3) is 0 Å². The van der Waals surface area contributed by atoms with E-state index < -0.39 is 5.82 Å². The SMILES string of the molecule is COCC(C)Nc1ncc(F)c(N)n1. The first-order valence-corrected chi connectivity index (χ1v) is 4.17. The Morgan fingerprint density at radius 2 is 2.43 bits per heavy atom. The topological polar surface area (TPSA) is 73.1 Å². The van der Waals surface area contributed by atoms with Gasteiger partial charge in [-0.25, -0.2) is 9.37 Å². The van der Waals surface area contributed by atoms with Gasteiger partial charge in [-0.1, -0.05) is 0 Å². The minimum atomic E-state index is -0.616. The number of anilines is 2. The first-order chi connectivity index (χ1) is 6.63. The van der Waals surface area contributed by atoms with Gasteiger partial charge in [0.1, 0.15) is 0 Å². The lowest BCUT2D eigenvalue weighted by molar-refractivity contribution is 0.190. The molecule has 1 heterocycles. The van der Waals surface area contributed by atoms with Crippen LogP contribution in [0.25, 0.3) is 0 Å². The molecule has 0 aliphatic heterocycles. The Morgan fingerprint density at radius 1 is 1.71 bits per heavy atom. The zero-order valence-corrected chi connectivity index (χ0v) is 8.12. The molecular weight excluding hydrogens is 187 g/mol. The Morgan fingerprint density at radius 3 is 3.00 bits per heavy atom. The summed E-state index contributed by atoms with van der Waals surface area (Å²) in [6, 6.07) is 0.0462. The monoisotopic (exact) mass is 200 g/mol. The summed E-state index contributed by atoms with van der Waals surface area (Å²) in [6.45, 7) is 2.41. The Balaban J connectivity index is 2.63. The van der Waals surface area contributed by atoms with Crippen LogP contribution < -0.4 is 11.1 Å². The van der Waals surface area contributed by atoms with E-state index in [1.165, 1.54) is 0 Å². The molecule has 0 fully saturated rings. The standard InChI is InChI=1S/C8H13FN4O/c1-5(4-14-2)12-8-11-3-6(9)7(10)13-8/h3,5H,4H2,1-2H3,(H3,10,11,12,13). The number of nitrogens with two attached hydrogens (primary N) is 1. The Labute approximate surface area is 81.5 Å². The van der Waals surface area contributed by atoms with Gasteiger partial charge in [0.05, 0.1) is 12.8 Å². The number of nitrogen functional groups attached to an aromatic ring is 1. The van der Waals surface area contributed by atoms with Gasteiger partial charge in [0.2, 0.25) is 5.95 Å². The summed E-state index contributed by atoms with van der Waals surface area (Å²) in [5.41, 5.74) is 5.27. The van der Waals surface area contributed by atoms with Crippen molar-refractivity contribution in [2.75, 3.05) is 24.8 Å². The molecule has 14 heavy (non-hydrogen) atoms. The summed E-state index contributed by atoms with van der Waals surface area (Å²) in [7, 11) is 1.60.